The molecule has 154 valence electrons. The van der Waals surface area contributed by atoms with E-state index in [1.165, 1.54) is 24.0 Å². The number of amides is 1. The Morgan fingerprint density at radius 3 is 2.34 bits per heavy atom. The number of aryl methyl sites for hydroxylation is 1. The largest absolute Gasteiger partial charge is 0.497 e. The van der Waals surface area contributed by atoms with E-state index in [0.29, 0.717) is 12.1 Å². The van der Waals surface area contributed by atoms with Gasteiger partial charge in [-0.3, -0.25) is 9.69 Å². The van der Waals surface area contributed by atoms with E-state index >= 15 is 0 Å². The van der Waals surface area contributed by atoms with Crippen LogP contribution in [-0.4, -0.2) is 43.2 Å². The summed E-state index contributed by atoms with van der Waals surface area (Å²) in [5, 5.41) is 3.27. The normalized spacial score (nSPS) is 23.6. The lowest BCUT2D eigenvalue weighted by molar-refractivity contribution is 0.0826. The zero-order valence-corrected chi connectivity index (χ0v) is 17.5. The van der Waals surface area contributed by atoms with E-state index in [2.05, 4.69) is 16.3 Å². The minimum atomic E-state index is 0.0414. The Hall–Kier alpha value is -2.53. The molecule has 2 heterocycles. The summed E-state index contributed by atoms with van der Waals surface area (Å²) in [7, 11) is 3.38. The molecule has 0 radical (unpaired) electrons. The lowest BCUT2D eigenvalue weighted by Crippen LogP contribution is -2.50. The predicted molar refractivity (Wildman–Crippen MR) is 114 cm³/mol. The number of hydrogen-bond donors (Lipinski definition) is 1. The molecule has 5 heteroatoms. The first kappa shape index (κ1) is 19.8. The van der Waals surface area contributed by atoms with Crippen LogP contribution in [0.2, 0.25) is 0 Å². The molecular weight excluding hydrogens is 364 g/mol. The standard InChI is InChI=1S/C24H30N2O3/c1-16-4-6-17(7-5-16)24(27)25-19-12-20-9-10-21(13-19)26(20)15-18-8-11-22(28-2)14-23(18)29-3/h4-8,11,14,19-21H,9-10,12-13,15H2,1-3H3,(H,25,27). The third-order valence-corrected chi connectivity index (χ3v) is 6.38. The predicted octanol–water partition coefficient (Wildman–Crippen LogP) is 3.94. The van der Waals surface area contributed by atoms with Crippen LogP contribution in [0.25, 0.3) is 0 Å². The van der Waals surface area contributed by atoms with Crippen LogP contribution in [0.4, 0.5) is 0 Å². The van der Waals surface area contributed by atoms with Crippen LogP contribution in [0, 0.1) is 6.92 Å². The van der Waals surface area contributed by atoms with Gasteiger partial charge in [-0.1, -0.05) is 23.8 Å². The molecule has 2 aliphatic heterocycles. The van der Waals surface area contributed by atoms with Gasteiger partial charge in [0.2, 0.25) is 0 Å². The molecule has 29 heavy (non-hydrogen) atoms. The fraction of sp³-hybridized carbons (Fsp3) is 0.458. The van der Waals surface area contributed by atoms with E-state index in [4.69, 9.17) is 9.47 Å². The van der Waals surface area contributed by atoms with E-state index in [1.807, 2.05) is 43.3 Å². The molecule has 2 unspecified atom stereocenters. The number of hydrogen-bond acceptors (Lipinski definition) is 4. The van der Waals surface area contributed by atoms with Gasteiger partial charge >= 0.3 is 0 Å². The minimum Gasteiger partial charge on any atom is -0.497 e. The second kappa shape index (κ2) is 8.46. The summed E-state index contributed by atoms with van der Waals surface area (Å²) in [5.74, 6) is 1.73. The molecule has 2 fully saturated rings. The van der Waals surface area contributed by atoms with Gasteiger partial charge in [-0.15, -0.1) is 0 Å². The second-order valence-corrected chi connectivity index (χ2v) is 8.24. The summed E-state index contributed by atoms with van der Waals surface area (Å²) in [6.07, 6.45) is 4.40. The maximum atomic E-state index is 12.6. The zero-order valence-electron chi connectivity index (χ0n) is 17.5. The molecule has 0 aromatic heterocycles. The van der Waals surface area contributed by atoms with Crippen LogP contribution in [0.3, 0.4) is 0 Å². The number of benzene rings is 2. The maximum Gasteiger partial charge on any atom is 0.251 e. The summed E-state index contributed by atoms with van der Waals surface area (Å²) in [4.78, 5) is 15.2. The van der Waals surface area contributed by atoms with Crippen LogP contribution < -0.4 is 14.8 Å². The first-order valence-corrected chi connectivity index (χ1v) is 10.4. The maximum absolute atomic E-state index is 12.6. The van der Waals surface area contributed by atoms with Crippen LogP contribution >= 0.6 is 0 Å². The Balaban J connectivity index is 1.40. The number of fused-ring (bicyclic) bond motifs is 2. The fourth-order valence-corrected chi connectivity index (χ4v) is 4.80. The topological polar surface area (TPSA) is 50.8 Å². The van der Waals surface area contributed by atoms with Gasteiger partial charge in [-0.2, -0.15) is 0 Å². The van der Waals surface area contributed by atoms with Gasteiger partial charge in [-0.05, 0) is 50.8 Å². The molecular formula is C24H30N2O3. The van der Waals surface area contributed by atoms with Crippen molar-refractivity contribution in [1.29, 1.82) is 0 Å². The van der Waals surface area contributed by atoms with Gasteiger partial charge in [0.25, 0.3) is 5.91 Å². The second-order valence-electron chi connectivity index (χ2n) is 8.24. The highest BCUT2D eigenvalue weighted by Crippen LogP contribution is 2.38. The first-order chi connectivity index (χ1) is 14.1. The monoisotopic (exact) mass is 394 g/mol. The number of piperidine rings is 1. The van der Waals surface area contributed by atoms with Gasteiger partial charge in [0.1, 0.15) is 11.5 Å². The van der Waals surface area contributed by atoms with Crippen molar-refractivity contribution in [3.8, 4) is 11.5 Å². The number of carbonyl (C=O) groups is 1. The molecule has 1 N–H and O–H groups in total. The molecule has 0 saturated carbocycles. The Kier molecular flexibility index (Phi) is 5.76. The summed E-state index contributed by atoms with van der Waals surface area (Å²) < 4.78 is 10.9. The third kappa shape index (κ3) is 4.25. The SMILES string of the molecule is COc1ccc(CN2C3CCC2CC(NC(=O)c2ccc(C)cc2)C3)c(OC)c1. The van der Waals surface area contributed by atoms with Gasteiger partial charge in [0.05, 0.1) is 14.2 Å². The fourth-order valence-electron chi connectivity index (χ4n) is 4.80. The molecule has 1 amide bonds. The highest BCUT2D eigenvalue weighted by Gasteiger charge is 2.41. The molecule has 2 aliphatic rings. The lowest BCUT2D eigenvalue weighted by atomic mass is 9.96. The third-order valence-electron chi connectivity index (χ3n) is 6.38. The van der Waals surface area contributed by atoms with Crippen LogP contribution in [0.1, 0.15) is 47.2 Å². The molecule has 0 aliphatic carbocycles. The van der Waals surface area contributed by atoms with Gasteiger partial charge < -0.3 is 14.8 Å². The van der Waals surface area contributed by atoms with Gasteiger partial charge in [0, 0.05) is 41.9 Å². The smallest absolute Gasteiger partial charge is 0.251 e. The zero-order chi connectivity index (χ0) is 20.4. The number of methoxy groups -OCH3 is 2. The molecule has 2 aromatic carbocycles. The summed E-state index contributed by atoms with van der Waals surface area (Å²) in [6.45, 7) is 2.91. The van der Waals surface area contributed by atoms with Crippen molar-refractivity contribution in [2.75, 3.05) is 14.2 Å². The van der Waals surface area contributed by atoms with E-state index in [0.717, 1.165) is 36.4 Å². The van der Waals surface area contributed by atoms with Crippen molar-refractivity contribution in [3.05, 3.63) is 59.2 Å². The van der Waals surface area contributed by atoms with Crippen molar-refractivity contribution >= 4 is 5.91 Å². The highest BCUT2D eigenvalue weighted by atomic mass is 16.5. The number of nitrogens with zero attached hydrogens (tertiary/aromatic N) is 1. The van der Waals surface area contributed by atoms with Crippen molar-refractivity contribution in [3.63, 3.8) is 0 Å². The molecule has 2 atom stereocenters. The molecule has 0 spiro atoms. The Morgan fingerprint density at radius 2 is 1.72 bits per heavy atom. The highest BCUT2D eigenvalue weighted by molar-refractivity contribution is 5.94. The van der Waals surface area contributed by atoms with Crippen molar-refractivity contribution < 1.29 is 14.3 Å². The summed E-state index contributed by atoms with van der Waals surface area (Å²) in [6, 6.07) is 15.1. The minimum absolute atomic E-state index is 0.0414. The van der Waals surface area contributed by atoms with E-state index in [-0.39, 0.29) is 11.9 Å². The average Bonchev–Trinajstić information content (AvgIpc) is 2.96. The first-order valence-electron chi connectivity index (χ1n) is 10.4. The number of nitrogens with one attached hydrogen (secondary N) is 1. The Labute approximate surface area is 173 Å². The van der Waals surface area contributed by atoms with E-state index in [9.17, 15) is 4.79 Å². The molecule has 5 nitrogen and oxygen atoms in total. The number of ether oxygens (including phenoxy) is 2. The molecule has 2 bridgehead atoms. The van der Waals surface area contributed by atoms with Crippen molar-refractivity contribution in [2.45, 2.75) is 57.3 Å². The van der Waals surface area contributed by atoms with Crippen LogP contribution in [0.15, 0.2) is 42.5 Å². The Morgan fingerprint density at radius 1 is 1.03 bits per heavy atom. The average molecular weight is 395 g/mol. The molecule has 2 saturated heterocycles. The van der Waals surface area contributed by atoms with Crippen molar-refractivity contribution in [2.24, 2.45) is 0 Å². The Bertz CT molecular complexity index is 851. The number of carbonyl (C=O) groups excluding carboxylic acids is 1. The quantitative estimate of drug-likeness (QED) is 0.806. The van der Waals surface area contributed by atoms with E-state index < -0.39 is 0 Å². The number of rotatable bonds is 6. The summed E-state index contributed by atoms with van der Waals surface area (Å²) >= 11 is 0. The van der Waals surface area contributed by atoms with Gasteiger partial charge in [0.15, 0.2) is 0 Å². The lowest BCUT2D eigenvalue weighted by Gasteiger charge is -2.39. The van der Waals surface area contributed by atoms with E-state index in [1.54, 1.807) is 14.2 Å². The molecule has 2 aromatic rings. The van der Waals surface area contributed by atoms with Crippen LogP contribution in [0.5, 0.6) is 11.5 Å². The summed E-state index contributed by atoms with van der Waals surface area (Å²) in [5.41, 5.74) is 3.10. The van der Waals surface area contributed by atoms with Crippen LogP contribution in [-0.2, 0) is 6.54 Å². The van der Waals surface area contributed by atoms with Crippen molar-refractivity contribution in [1.82, 2.24) is 10.2 Å². The molecule has 4 rings (SSSR count). The van der Waals surface area contributed by atoms with Gasteiger partial charge in [-0.25, -0.2) is 0 Å².